The number of rotatable bonds is 4. The van der Waals surface area contributed by atoms with Gasteiger partial charge in [-0.05, 0) is 30.4 Å². The summed E-state index contributed by atoms with van der Waals surface area (Å²) in [6.07, 6.45) is 4.64. The molecule has 4 heteroatoms. The summed E-state index contributed by atoms with van der Waals surface area (Å²) in [4.78, 5) is 1.87. The highest BCUT2D eigenvalue weighted by Crippen LogP contribution is 2.17. The van der Waals surface area contributed by atoms with Gasteiger partial charge >= 0.3 is 0 Å². The summed E-state index contributed by atoms with van der Waals surface area (Å²) >= 11 is 0. The van der Waals surface area contributed by atoms with Crippen LogP contribution in [-0.4, -0.2) is 21.6 Å². The summed E-state index contributed by atoms with van der Waals surface area (Å²) in [7, 11) is 0. The number of aryl methyl sites for hydroxylation is 1. The van der Waals surface area contributed by atoms with Crippen molar-refractivity contribution < 1.29 is 0 Å². The molecule has 0 aliphatic heterocycles. The van der Waals surface area contributed by atoms with Crippen LogP contribution in [0.5, 0.6) is 0 Å². The third kappa shape index (κ3) is 1.74. The third-order valence-corrected chi connectivity index (χ3v) is 2.96. The Kier molecular flexibility index (Phi) is 2.70. The zero-order valence-corrected chi connectivity index (χ0v) is 8.95. The minimum Gasteiger partial charge on any atom is -0.308 e. The molecule has 0 aromatic carbocycles. The van der Waals surface area contributed by atoms with E-state index in [1.807, 2.05) is 4.79 Å². The summed E-state index contributed by atoms with van der Waals surface area (Å²) in [5, 5.41) is 8.25. The van der Waals surface area contributed by atoms with Crippen molar-refractivity contribution in [1.29, 1.82) is 0 Å². The summed E-state index contributed by atoms with van der Waals surface area (Å²) in [5.41, 5.74) is 5.79. The van der Waals surface area contributed by atoms with E-state index in [0.29, 0.717) is 5.92 Å². The number of nitrogens with one attached hydrogen (secondary N) is 1. The Bertz CT molecular complexity index is 305. The monoisotopic (exact) mass is 194 g/mol. The van der Waals surface area contributed by atoms with Crippen LogP contribution in [-0.2, 0) is 12.8 Å². The first-order valence-electron chi connectivity index (χ1n) is 5.48. The van der Waals surface area contributed by atoms with E-state index >= 15 is 0 Å². The van der Waals surface area contributed by atoms with Gasteiger partial charge in [0.15, 0.2) is 0 Å². The maximum Gasteiger partial charge on any atom is 0.0881 e. The van der Waals surface area contributed by atoms with Crippen LogP contribution in [0.2, 0.25) is 0 Å². The number of hydrogen-bond donors (Lipinski definition) is 1. The number of fused-ring (bicyclic) bond motifs is 1. The second-order valence-electron chi connectivity index (χ2n) is 4.12. The fourth-order valence-electron chi connectivity index (χ4n) is 1.71. The molecule has 1 heterocycles. The lowest BCUT2D eigenvalue weighted by molar-refractivity contribution is 0.537. The van der Waals surface area contributed by atoms with Gasteiger partial charge in [-0.1, -0.05) is 20.3 Å². The number of aromatic nitrogens is 3. The van der Waals surface area contributed by atoms with E-state index in [-0.39, 0.29) is 0 Å². The van der Waals surface area contributed by atoms with Crippen molar-refractivity contribution >= 4 is 0 Å². The van der Waals surface area contributed by atoms with Gasteiger partial charge in [-0.2, -0.15) is 4.79 Å². The minimum absolute atomic E-state index is 0.691. The molecule has 0 saturated carbocycles. The third-order valence-electron chi connectivity index (χ3n) is 2.96. The Hall–Kier alpha value is -1.06. The van der Waals surface area contributed by atoms with Crippen LogP contribution < -0.4 is 5.43 Å². The average Bonchev–Trinajstić information content (AvgIpc) is 2.76. The maximum atomic E-state index is 4.15. The first-order chi connectivity index (χ1) is 6.81. The second kappa shape index (κ2) is 3.98. The van der Waals surface area contributed by atoms with Gasteiger partial charge in [0.1, 0.15) is 0 Å². The highest BCUT2D eigenvalue weighted by Gasteiger charge is 2.18. The Labute approximate surface area is 84.7 Å². The molecule has 0 spiro atoms. The molecule has 1 aliphatic rings. The van der Waals surface area contributed by atoms with Gasteiger partial charge in [-0.3, -0.25) is 0 Å². The van der Waals surface area contributed by atoms with E-state index in [0.717, 1.165) is 19.4 Å². The highest BCUT2D eigenvalue weighted by molar-refractivity contribution is 5.16. The van der Waals surface area contributed by atoms with E-state index in [4.69, 9.17) is 0 Å². The summed E-state index contributed by atoms with van der Waals surface area (Å²) in [6, 6.07) is 0. The highest BCUT2D eigenvalue weighted by atomic mass is 15.6. The van der Waals surface area contributed by atoms with E-state index < -0.39 is 0 Å². The molecule has 0 amide bonds. The molecule has 1 aromatic heterocycles. The average molecular weight is 194 g/mol. The molecule has 1 atom stereocenters. The molecule has 1 aliphatic carbocycles. The molecule has 0 saturated heterocycles. The standard InChI is InChI=1S/C10H18N4/c1-3-8(2)7-11-14-10-6-4-5-9(10)12-13-14/h8,11H,3-7H2,1-2H3. The van der Waals surface area contributed by atoms with Crippen molar-refractivity contribution in [2.24, 2.45) is 5.92 Å². The molecule has 4 nitrogen and oxygen atoms in total. The van der Waals surface area contributed by atoms with E-state index in [9.17, 15) is 0 Å². The van der Waals surface area contributed by atoms with Crippen LogP contribution in [0.3, 0.4) is 0 Å². The Morgan fingerprint density at radius 1 is 1.50 bits per heavy atom. The summed E-state index contributed by atoms with van der Waals surface area (Å²) < 4.78 is 0. The van der Waals surface area contributed by atoms with Crippen molar-refractivity contribution in [2.75, 3.05) is 12.0 Å². The normalized spacial score (nSPS) is 16.7. The molecule has 78 valence electrons. The predicted molar refractivity (Wildman–Crippen MR) is 55.7 cm³/mol. The number of nitrogens with zero attached hydrogens (tertiary/aromatic N) is 3. The molecule has 0 bridgehead atoms. The lowest BCUT2D eigenvalue weighted by atomic mass is 10.1. The minimum atomic E-state index is 0.691. The molecule has 1 N–H and O–H groups in total. The van der Waals surface area contributed by atoms with Gasteiger partial charge in [0.2, 0.25) is 0 Å². The summed E-state index contributed by atoms with van der Waals surface area (Å²) in [5.74, 6) is 0.691. The molecule has 14 heavy (non-hydrogen) atoms. The largest absolute Gasteiger partial charge is 0.308 e. The van der Waals surface area contributed by atoms with Gasteiger partial charge in [-0.15, -0.1) is 5.10 Å². The molecule has 0 fully saturated rings. The molecule has 1 unspecified atom stereocenters. The van der Waals surface area contributed by atoms with Gasteiger partial charge in [0.05, 0.1) is 11.4 Å². The van der Waals surface area contributed by atoms with Crippen LogP contribution in [0.4, 0.5) is 0 Å². The Morgan fingerprint density at radius 3 is 3.14 bits per heavy atom. The lowest BCUT2D eigenvalue weighted by Gasteiger charge is -2.11. The molecular formula is C10H18N4. The lowest BCUT2D eigenvalue weighted by Crippen LogP contribution is -2.23. The second-order valence-corrected chi connectivity index (χ2v) is 4.12. The van der Waals surface area contributed by atoms with E-state index in [2.05, 4.69) is 29.6 Å². The number of hydrogen-bond acceptors (Lipinski definition) is 3. The van der Waals surface area contributed by atoms with Gasteiger partial charge in [0.25, 0.3) is 0 Å². The first-order valence-corrected chi connectivity index (χ1v) is 5.48. The van der Waals surface area contributed by atoms with Crippen LogP contribution in [0, 0.1) is 5.92 Å². The van der Waals surface area contributed by atoms with E-state index in [1.165, 1.54) is 24.2 Å². The van der Waals surface area contributed by atoms with Crippen LogP contribution in [0.15, 0.2) is 0 Å². The van der Waals surface area contributed by atoms with Gasteiger partial charge < -0.3 is 5.43 Å². The van der Waals surface area contributed by atoms with Crippen molar-refractivity contribution in [3.05, 3.63) is 11.4 Å². The summed E-state index contributed by atoms with van der Waals surface area (Å²) in [6.45, 7) is 5.43. The van der Waals surface area contributed by atoms with E-state index in [1.54, 1.807) is 0 Å². The van der Waals surface area contributed by atoms with Crippen LogP contribution >= 0.6 is 0 Å². The smallest absolute Gasteiger partial charge is 0.0881 e. The molecule has 0 radical (unpaired) electrons. The molecule has 1 aromatic rings. The van der Waals surface area contributed by atoms with Gasteiger partial charge in [-0.25, -0.2) is 0 Å². The van der Waals surface area contributed by atoms with Gasteiger partial charge in [0, 0.05) is 6.54 Å². The fraction of sp³-hybridized carbons (Fsp3) is 0.800. The quantitative estimate of drug-likeness (QED) is 0.787. The van der Waals surface area contributed by atoms with Crippen molar-refractivity contribution in [3.8, 4) is 0 Å². The van der Waals surface area contributed by atoms with Crippen LogP contribution in [0.1, 0.15) is 38.1 Å². The SMILES string of the molecule is CCC(C)CNn1nnc2c1CCC2. The van der Waals surface area contributed by atoms with Crippen molar-refractivity contribution in [1.82, 2.24) is 15.1 Å². The topological polar surface area (TPSA) is 42.7 Å². The van der Waals surface area contributed by atoms with Crippen molar-refractivity contribution in [2.45, 2.75) is 39.5 Å². The zero-order valence-electron chi connectivity index (χ0n) is 8.95. The maximum absolute atomic E-state index is 4.15. The van der Waals surface area contributed by atoms with Crippen LogP contribution in [0.25, 0.3) is 0 Å². The zero-order chi connectivity index (χ0) is 9.97. The Balaban J connectivity index is 1.96. The van der Waals surface area contributed by atoms with Crippen molar-refractivity contribution in [3.63, 3.8) is 0 Å². The first kappa shape index (κ1) is 9.49. The predicted octanol–water partition coefficient (Wildman–Crippen LogP) is 1.36. The fourth-order valence-corrected chi connectivity index (χ4v) is 1.71. The Morgan fingerprint density at radius 2 is 2.36 bits per heavy atom. The molecular weight excluding hydrogens is 176 g/mol. The molecule has 2 rings (SSSR count).